The SMILES string of the molecule is CN1CCN(CC2(O)CCC3(CCN(C(=O)c4ccoc4)CC3)CC2)CC1. The van der Waals surface area contributed by atoms with Crippen LogP contribution in [0, 0.1) is 5.41 Å². The van der Waals surface area contributed by atoms with Gasteiger partial charge in [0.2, 0.25) is 0 Å². The van der Waals surface area contributed by atoms with E-state index in [0.29, 0.717) is 11.0 Å². The van der Waals surface area contributed by atoms with Crippen LogP contribution in [-0.4, -0.2) is 84.2 Å². The van der Waals surface area contributed by atoms with Crippen molar-refractivity contribution in [1.82, 2.24) is 14.7 Å². The average Bonchev–Trinajstić information content (AvgIpc) is 3.22. The van der Waals surface area contributed by atoms with Gasteiger partial charge in [-0.2, -0.15) is 0 Å². The van der Waals surface area contributed by atoms with Gasteiger partial charge in [0, 0.05) is 45.8 Å². The molecule has 0 radical (unpaired) electrons. The number of aliphatic hydroxyl groups is 1. The molecule has 0 unspecified atom stereocenters. The summed E-state index contributed by atoms with van der Waals surface area (Å²) >= 11 is 0. The van der Waals surface area contributed by atoms with E-state index < -0.39 is 5.60 Å². The van der Waals surface area contributed by atoms with Crippen LogP contribution in [0.2, 0.25) is 0 Å². The number of nitrogens with zero attached hydrogens (tertiary/aromatic N) is 3. The Kier molecular flexibility index (Phi) is 5.32. The lowest BCUT2D eigenvalue weighted by Gasteiger charge is -2.49. The summed E-state index contributed by atoms with van der Waals surface area (Å²) in [6, 6.07) is 1.74. The Bertz CT molecular complexity index is 619. The summed E-state index contributed by atoms with van der Waals surface area (Å²) in [6.45, 7) is 6.79. The lowest BCUT2D eigenvalue weighted by atomic mass is 9.64. The molecule has 1 aromatic rings. The summed E-state index contributed by atoms with van der Waals surface area (Å²) < 4.78 is 5.05. The summed E-state index contributed by atoms with van der Waals surface area (Å²) in [5, 5.41) is 11.1. The summed E-state index contributed by atoms with van der Waals surface area (Å²) in [5.74, 6) is 0.0842. The summed E-state index contributed by atoms with van der Waals surface area (Å²) in [4.78, 5) is 19.2. The molecule has 1 amide bonds. The zero-order chi connectivity index (χ0) is 18.9. The van der Waals surface area contributed by atoms with Crippen LogP contribution in [0.25, 0.3) is 0 Å². The first-order valence-corrected chi connectivity index (χ1v) is 10.4. The average molecular weight is 376 g/mol. The maximum atomic E-state index is 12.5. The molecule has 1 spiro atoms. The molecule has 1 aliphatic carbocycles. The Labute approximate surface area is 162 Å². The maximum Gasteiger partial charge on any atom is 0.257 e. The molecule has 27 heavy (non-hydrogen) atoms. The molecule has 2 saturated heterocycles. The van der Waals surface area contributed by atoms with Crippen LogP contribution in [0.5, 0.6) is 0 Å². The standard InChI is InChI=1S/C21H33N3O3/c1-22-11-13-23(14-12-22)17-21(26)5-3-20(4-6-21)7-9-24(10-8-20)19(25)18-2-15-27-16-18/h2,15-16,26H,3-14,17H2,1H3. The van der Waals surface area contributed by atoms with Gasteiger partial charge in [-0.3, -0.25) is 9.69 Å². The minimum atomic E-state index is -0.523. The fourth-order valence-corrected chi connectivity index (χ4v) is 5.08. The van der Waals surface area contributed by atoms with Gasteiger partial charge in [0.05, 0.1) is 17.4 Å². The van der Waals surface area contributed by atoms with Crippen molar-refractivity contribution >= 4 is 5.91 Å². The molecule has 1 aromatic heterocycles. The largest absolute Gasteiger partial charge is 0.472 e. The van der Waals surface area contributed by atoms with E-state index in [-0.39, 0.29) is 5.91 Å². The third-order valence-corrected chi connectivity index (χ3v) is 7.23. The van der Waals surface area contributed by atoms with E-state index >= 15 is 0 Å². The predicted molar refractivity (Wildman–Crippen MR) is 104 cm³/mol. The number of likely N-dealkylation sites (N-methyl/N-ethyl adjacent to an activating group) is 1. The highest BCUT2D eigenvalue weighted by atomic mass is 16.3. The Balaban J connectivity index is 1.27. The fraction of sp³-hybridized carbons (Fsp3) is 0.762. The summed E-state index contributed by atoms with van der Waals surface area (Å²) in [7, 11) is 2.17. The number of piperazine rings is 1. The highest BCUT2D eigenvalue weighted by molar-refractivity contribution is 5.93. The molecule has 1 saturated carbocycles. The smallest absolute Gasteiger partial charge is 0.257 e. The number of hydrogen-bond donors (Lipinski definition) is 1. The maximum absolute atomic E-state index is 12.5. The van der Waals surface area contributed by atoms with Gasteiger partial charge in [0.1, 0.15) is 6.26 Å². The molecule has 4 rings (SSSR count). The van der Waals surface area contributed by atoms with E-state index in [9.17, 15) is 9.90 Å². The van der Waals surface area contributed by atoms with E-state index in [0.717, 1.165) is 84.3 Å². The molecular weight excluding hydrogens is 342 g/mol. The number of likely N-dealkylation sites (tertiary alicyclic amines) is 1. The van der Waals surface area contributed by atoms with Crippen LogP contribution in [0.4, 0.5) is 0 Å². The topological polar surface area (TPSA) is 60.2 Å². The first-order chi connectivity index (χ1) is 13.0. The number of amides is 1. The molecule has 3 heterocycles. The van der Waals surface area contributed by atoms with Crippen molar-refractivity contribution in [1.29, 1.82) is 0 Å². The van der Waals surface area contributed by atoms with Crippen molar-refractivity contribution < 1.29 is 14.3 Å². The minimum Gasteiger partial charge on any atom is -0.472 e. The van der Waals surface area contributed by atoms with Crippen molar-refractivity contribution in [2.24, 2.45) is 5.41 Å². The van der Waals surface area contributed by atoms with Crippen LogP contribution in [0.3, 0.4) is 0 Å². The van der Waals surface area contributed by atoms with E-state index in [1.165, 1.54) is 6.26 Å². The Hall–Kier alpha value is -1.37. The van der Waals surface area contributed by atoms with E-state index in [1.54, 1.807) is 12.3 Å². The third kappa shape index (κ3) is 4.23. The van der Waals surface area contributed by atoms with Gasteiger partial charge in [-0.25, -0.2) is 0 Å². The molecule has 0 aromatic carbocycles. The van der Waals surface area contributed by atoms with Crippen LogP contribution in [-0.2, 0) is 0 Å². The van der Waals surface area contributed by atoms with Crippen molar-refractivity contribution in [2.45, 2.75) is 44.1 Å². The van der Waals surface area contributed by atoms with Crippen molar-refractivity contribution in [2.75, 3.05) is 52.9 Å². The highest BCUT2D eigenvalue weighted by Gasteiger charge is 2.44. The van der Waals surface area contributed by atoms with Gasteiger partial charge in [-0.15, -0.1) is 0 Å². The lowest BCUT2D eigenvalue weighted by Crippen LogP contribution is -2.54. The normalized spacial score (nSPS) is 26.4. The molecular formula is C21H33N3O3. The van der Waals surface area contributed by atoms with Gasteiger partial charge < -0.3 is 19.3 Å². The first kappa shape index (κ1) is 19.0. The van der Waals surface area contributed by atoms with Gasteiger partial charge in [0.25, 0.3) is 5.91 Å². The number of carbonyl (C=O) groups excluding carboxylic acids is 1. The second-order valence-electron chi connectivity index (χ2n) is 9.11. The second-order valence-corrected chi connectivity index (χ2v) is 9.11. The monoisotopic (exact) mass is 375 g/mol. The molecule has 1 N–H and O–H groups in total. The molecule has 0 atom stereocenters. The molecule has 6 heteroatoms. The van der Waals surface area contributed by atoms with Crippen LogP contribution in [0.1, 0.15) is 48.9 Å². The fourth-order valence-electron chi connectivity index (χ4n) is 5.08. The minimum absolute atomic E-state index is 0.0842. The van der Waals surface area contributed by atoms with Gasteiger partial charge in [-0.1, -0.05) is 0 Å². The predicted octanol–water partition coefficient (Wildman–Crippen LogP) is 2.05. The Morgan fingerprint density at radius 2 is 1.70 bits per heavy atom. The highest BCUT2D eigenvalue weighted by Crippen LogP contribution is 2.47. The Morgan fingerprint density at radius 1 is 1.04 bits per heavy atom. The molecule has 3 fully saturated rings. The number of carbonyl (C=O) groups is 1. The molecule has 2 aliphatic heterocycles. The molecule has 150 valence electrons. The van der Waals surface area contributed by atoms with E-state index in [2.05, 4.69) is 16.8 Å². The summed E-state index contributed by atoms with van der Waals surface area (Å²) in [5.41, 5.74) is 0.447. The zero-order valence-corrected chi connectivity index (χ0v) is 16.5. The Morgan fingerprint density at radius 3 is 2.30 bits per heavy atom. The van der Waals surface area contributed by atoms with Crippen LogP contribution in [0.15, 0.2) is 23.0 Å². The molecule has 3 aliphatic rings. The molecule has 0 bridgehead atoms. The number of β-amino-alcohol motifs (C(OH)–C–C–N with tert-alkyl or cyclic N) is 1. The quantitative estimate of drug-likeness (QED) is 0.876. The second kappa shape index (κ2) is 7.57. The number of rotatable bonds is 3. The van der Waals surface area contributed by atoms with Crippen LogP contribution < -0.4 is 0 Å². The van der Waals surface area contributed by atoms with Gasteiger partial charge in [-0.05, 0) is 57.1 Å². The van der Waals surface area contributed by atoms with Crippen molar-refractivity contribution in [3.05, 3.63) is 24.2 Å². The molecule has 6 nitrogen and oxygen atoms in total. The first-order valence-electron chi connectivity index (χ1n) is 10.4. The van der Waals surface area contributed by atoms with Crippen molar-refractivity contribution in [3.63, 3.8) is 0 Å². The zero-order valence-electron chi connectivity index (χ0n) is 16.5. The van der Waals surface area contributed by atoms with E-state index in [4.69, 9.17) is 4.42 Å². The number of hydrogen-bond acceptors (Lipinski definition) is 5. The number of piperidine rings is 1. The van der Waals surface area contributed by atoms with Gasteiger partial charge >= 0.3 is 0 Å². The van der Waals surface area contributed by atoms with Crippen LogP contribution >= 0.6 is 0 Å². The summed E-state index contributed by atoms with van der Waals surface area (Å²) in [6.07, 6.45) is 9.18. The lowest BCUT2D eigenvalue weighted by molar-refractivity contribution is -0.0718. The van der Waals surface area contributed by atoms with Crippen molar-refractivity contribution in [3.8, 4) is 0 Å². The third-order valence-electron chi connectivity index (χ3n) is 7.23. The number of furan rings is 1. The van der Waals surface area contributed by atoms with Gasteiger partial charge in [0.15, 0.2) is 0 Å². The van der Waals surface area contributed by atoms with E-state index in [1.807, 2.05) is 4.90 Å².